The number of carbonyl (C=O) groups is 1. The molecular formula is C8H8ClNO2. The minimum Gasteiger partial charge on any atom is -0.506 e. The van der Waals surface area contributed by atoms with Crippen LogP contribution in [0.4, 0.5) is 0 Å². The van der Waals surface area contributed by atoms with E-state index >= 15 is 0 Å². The molecule has 0 saturated carbocycles. The number of hydrogen-bond donors (Lipinski definition) is 2. The number of aromatic hydroxyl groups is 1. The average Bonchev–Trinajstić information content (AvgIpc) is 2.08. The smallest absolute Gasteiger partial charge is 0.141 e. The van der Waals surface area contributed by atoms with Crippen LogP contribution in [0.25, 0.3) is 0 Å². The topological polar surface area (TPSA) is 63.3 Å². The van der Waals surface area contributed by atoms with Gasteiger partial charge in [-0.3, -0.25) is 0 Å². The minimum absolute atomic E-state index is 0.0153. The van der Waals surface area contributed by atoms with E-state index in [0.717, 1.165) is 0 Å². The second kappa shape index (κ2) is 3.56. The van der Waals surface area contributed by atoms with Crippen LogP contribution in [0.1, 0.15) is 11.6 Å². The molecule has 0 aromatic heterocycles. The molecule has 4 heteroatoms. The third-order valence-corrected chi connectivity index (χ3v) is 1.81. The van der Waals surface area contributed by atoms with Crippen LogP contribution in [0, 0.1) is 0 Å². The Bertz CT molecular complexity index is 301. The third-order valence-electron chi connectivity index (χ3n) is 1.50. The molecule has 0 fully saturated rings. The van der Waals surface area contributed by atoms with Gasteiger partial charge in [0, 0.05) is 0 Å². The van der Waals surface area contributed by atoms with Crippen LogP contribution < -0.4 is 5.73 Å². The summed E-state index contributed by atoms with van der Waals surface area (Å²) in [5.74, 6) is -0.0153. The number of carbonyl (C=O) groups excluding carboxylic acids is 1. The van der Waals surface area contributed by atoms with Crippen molar-refractivity contribution in [1.82, 2.24) is 0 Å². The lowest BCUT2D eigenvalue weighted by Crippen LogP contribution is -2.10. The molecule has 12 heavy (non-hydrogen) atoms. The lowest BCUT2D eigenvalue weighted by Gasteiger charge is -2.04. The first-order chi connectivity index (χ1) is 5.65. The fourth-order valence-corrected chi connectivity index (χ4v) is 0.998. The SMILES string of the molecule is NC(C=O)c1ccc(O)c(Cl)c1. The maximum absolute atomic E-state index is 10.3. The summed E-state index contributed by atoms with van der Waals surface area (Å²) in [4.78, 5) is 10.3. The quantitative estimate of drug-likeness (QED) is 0.682. The van der Waals surface area contributed by atoms with Crippen molar-refractivity contribution in [2.45, 2.75) is 6.04 Å². The molecule has 0 saturated heterocycles. The molecule has 1 aromatic rings. The van der Waals surface area contributed by atoms with Gasteiger partial charge in [-0.05, 0) is 17.7 Å². The summed E-state index contributed by atoms with van der Waals surface area (Å²) in [7, 11) is 0. The monoisotopic (exact) mass is 185 g/mol. The second-order valence-corrected chi connectivity index (χ2v) is 2.78. The zero-order valence-corrected chi connectivity index (χ0v) is 6.95. The number of halogens is 1. The molecule has 0 radical (unpaired) electrons. The van der Waals surface area contributed by atoms with Crippen LogP contribution in [0.3, 0.4) is 0 Å². The van der Waals surface area contributed by atoms with Gasteiger partial charge in [-0.1, -0.05) is 17.7 Å². The number of rotatable bonds is 2. The maximum atomic E-state index is 10.3. The molecule has 0 heterocycles. The number of phenolic OH excluding ortho intramolecular Hbond substituents is 1. The Morgan fingerprint density at radius 1 is 1.58 bits per heavy atom. The predicted octanol–water partition coefficient (Wildman–Crippen LogP) is 1.24. The molecule has 3 N–H and O–H groups in total. The number of nitrogens with two attached hydrogens (primary N) is 1. The van der Waals surface area contributed by atoms with Gasteiger partial charge in [0.05, 0.1) is 11.1 Å². The highest BCUT2D eigenvalue weighted by Crippen LogP contribution is 2.25. The van der Waals surface area contributed by atoms with Gasteiger partial charge in [0.15, 0.2) is 0 Å². The van der Waals surface area contributed by atoms with Crippen LogP contribution in [-0.4, -0.2) is 11.4 Å². The summed E-state index contributed by atoms with van der Waals surface area (Å²) in [6, 6.07) is 3.75. The number of phenols is 1. The van der Waals surface area contributed by atoms with E-state index in [1.807, 2.05) is 0 Å². The van der Waals surface area contributed by atoms with E-state index in [9.17, 15) is 4.79 Å². The van der Waals surface area contributed by atoms with Crippen molar-refractivity contribution in [3.8, 4) is 5.75 Å². The Labute approximate surface area is 74.8 Å². The van der Waals surface area contributed by atoms with E-state index in [1.54, 1.807) is 6.07 Å². The number of hydrogen-bond acceptors (Lipinski definition) is 3. The molecule has 64 valence electrons. The minimum atomic E-state index is -0.678. The zero-order valence-electron chi connectivity index (χ0n) is 6.20. The summed E-state index contributed by atoms with van der Waals surface area (Å²) < 4.78 is 0. The molecule has 0 spiro atoms. The number of benzene rings is 1. The van der Waals surface area contributed by atoms with Crippen LogP contribution in [-0.2, 0) is 4.79 Å². The first-order valence-corrected chi connectivity index (χ1v) is 3.72. The predicted molar refractivity (Wildman–Crippen MR) is 46.1 cm³/mol. The Morgan fingerprint density at radius 3 is 2.75 bits per heavy atom. The largest absolute Gasteiger partial charge is 0.506 e. The summed E-state index contributed by atoms with van der Waals surface area (Å²) in [6.07, 6.45) is 0.614. The summed E-state index contributed by atoms with van der Waals surface area (Å²) in [5, 5.41) is 9.24. The van der Waals surface area contributed by atoms with Gasteiger partial charge in [0.2, 0.25) is 0 Å². The normalized spacial score (nSPS) is 12.5. The van der Waals surface area contributed by atoms with Gasteiger partial charge >= 0.3 is 0 Å². The summed E-state index contributed by atoms with van der Waals surface area (Å²) in [5.41, 5.74) is 6.00. The van der Waals surface area contributed by atoms with Crippen molar-refractivity contribution in [2.24, 2.45) is 5.73 Å². The van der Waals surface area contributed by atoms with Crippen LogP contribution in [0.2, 0.25) is 5.02 Å². The molecular weight excluding hydrogens is 178 g/mol. The van der Waals surface area contributed by atoms with E-state index in [4.69, 9.17) is 22.4 Å². The van der Waals surface area contributed by atoms with Gasteiger partial charge in [-0.2, -0.15) is 0 Å². The zero-order chi connectivity index (χ0) is 9.14. The molecule has 1 rings (SSSR count). The molecule has 0 aliphatic heterocycles. The van der Waals surface area contributed by atoms with Gasteiger partial charge in [-0.15, -0.1) is 0 Å². The Kier molecular flexibility index (Phi) is 2.68. The average molecular weight is 186 g/mol. The van der Waals surface area contributed by atoms with Gasteiger partial charge < -0.3 is 15.6 Å². The van der Waals surface area contributed by atoms with E-state index < -0.39 is 6.04 Å². The van der Waals surface area contributed by atoms with Crippen molar-refractivity contribution in [3.63, 3.8) is 0 Å². The van der Waals surface area contributed by atoms with Gasteiger partial charge in [0.25, 0.3) is 0 Å². The fraction of sp³-hybridized carbons (Fsp3) is 0.125. The third kappa shape index (κ3) is 1.75. The molecule has 1 aromatic carbocycles. The Morgan fingerprint density at radius 2 is 2.25 bits per heavy atom. The highest BCUT2D eigenvalue weighted by molar-refractivity contribution is 6.32. The van der Waals surface area contributed by atoms with Crippen molar-refractivity contribution in [3.05, 3.63) is 28.8 Å². The first kappa shape index (κ1) is 9.03. The van der Waals surface area contributed by atoms with E-state index in [1.165, 1.54) is 12.1 Å². The molecule has 1 unspecified atom stereocenters. The van der Waals surface area contributed by atoms with Crippen LogP contribution in [0.5, 0.6) is 5.75 Å². The second-order valence-electron chi connectivity index (χ2n) is 2.37. The maximum Gasteiger partial charge on any atom is 0.141 e. The molecule has 0 amide bonds. The Balaban J connectivity index is 3.04. The van der Waals surface area contributed by atoms with Crippen molar-refractivity contribution in [1.29, 1.82) is 0 Å². The van der Waals surface area contributed by atoms with E-state index in [-0.39, 0.29) is 10.8 Å². The molecule has 1 atom stereocenters. The molecule has 0 bridgehead atoms. The van der Waals surface area contributed by atoms with Crippen molar-refractivity contribution in [2.75, 3.05) is 0 Å². The summed E-state index contributed by atoms with van der Waals surface area (Å²) in [6.45, 7) is 0. The molecule has 3 nitrogen and oxygen atoms in total. The van der Waals surface area contributed by atoms with E-state index in [2.05, 4.69) is 0 Å². The lowest BCUT2D eigenvalue weighted by atomic mass is 10.1. The molecule has 0 aliphatic carbocycles. The van der Waals surface area contributed by atoms with Gasteiger partial charge in [-0.25, -0.2) is 0 Å². The van der Waals surface area contributed by atoms with Crippen LogP contribution >= 0.6 is 11.6 Å². The fourth-order valence-electron chi connectivity index (χ4n) is 0.809. The van der Waals surface area contributed by atoms with Gasteiger partial charge in [0.1, 0.15) is 12.0 Å². The van der Waals surface area contributed by atoms with Crippen LogP contribution in [0.15, 0.2) is 18.2 Å². The molecule has 0 aliphatic rings. The highest BCUT2D eigenvalue weighted by Gasteiger charge is 2.06. The standard InChI is InChI=1S/C8H8ClNO2/c9-6-3-5(7(10)4-11)1-2-8(6)12/h1-4,7,12H,10H2. The Hall–Kier alpha value is -1.06. The highest BCUT2D eigenvalue weighted by atomic mass is 35.5. The summed E-state index contributed by atoms with van der Waals surface area (Å²) >= 11 is 5.59. The van der Waals surface area contributed by atoms with Crippen molar-refractivity contribution < 1.29 is 9.90 Å². The lowest BCUT2D eigenvalue weighted by molar-refractivity contribution is -0.109. The number of aldehydes is 1. The van der Waals surface area contributed by atoms with Crippen molar-refractivity contribution >= 4 is 17.9 Å². The first-order valence-electron chi connectivity index (χ1n) is 3.34. The van der Waals surface area contributed by atoms with E-state index in [0.29, 0.717) is 11.8 Å².